The average Bonchev–Trinajstić information content (AvgIpc) is 2.13. The van der Waals surface area contributed by atoms with E-state index in [9.17, 15) is 4.79 Å². The number of hydrogen-bond acceptors (Lipinski definition) is 5. The van der Waals surface area contributed by atoms with Gasteiger partial charge in [-0.2, -0.15) is 4.98 Å². The lowest BCUT2D eigenvalue weighted by atomic mass is 10.2. The number of anilines is 2. The molecule has 0 saturated carbocycles. The number of hydrogen-bond donors (Lipinski definition) is 2. The SMILES string of the molecule is Cc1cc2nc(N)nc(N)c2c(=O)n1C. The van der Waals surface area contributed by atoms with Gasteiger partial charge in [0.15, 0.2) is 0 Å². The fourth-order valence-electron chi connectivity index (χ4n) is 1.46. The maximum absolute atomic E-state index is 11.8. The summed E-state index contributed by atoms with van der Waals surface area (Å²) in [5.41, 5.74) is 12.2. The summed E-state index contributed by atoms with van der Waals surface area (Å²) in [6.07, 6.45) is 0. The smallest absolute Gasteiger partial charge is 0.263 e. The number of fused-ring (bicyclic) bond motifs is 1. The lowest BCUT2D eigenvalue weighted by Gasteiger charge is -2.07. The van der Waals surface area contributed by atoms with Crippen LogP contribution in [0, 0.1) is 6.92 Å². The lowest BCUT2D eigenvalue weighted by Crippen LogP contribution is -2.21. The summed E-state index contributed by atoms with van der Waals surface area (Å²) in [6.45, 7) is 1.81. The standard InChI is InChI=1S/C9H11N5O/c1-4-3-5-6(8(15)14(4)2)7(10)13-9(11)12-5/h3H,1-2H3,(H4,10,11,12,13). The van der Waals surface area contributed by atoms with Crippen LogP contribution in [0.4, 0.5) is 11.8 Å². The number of nitrogen functional groups attached to an aromatic ring is 2. The highest BCUT2D eigenvalue weighted by molar-refractivity contribution is 5.88. The Kier molecular flexibility index (Phi) is 1.85. The van der Waals surface area contributed by atoms with Gasteiger partial charge in [0.1, 0.15) is 11.2 Å². The molecule has 0 aliphatic heterocycles. The van der Waals surface area contributed by atoms with Crippen molar-refractivity contribution in [2.24, 2.45) is 7.05 Å². The monoisotopic (exact) mass is 205 g/mol. The molecule has 2 aromatic rings. The molecule has 4 N–H and O–H groups in total. The van der Waals surface area contributed by atoms with Crippen LogP contribution in [0.5, 0.6) is 0 Å². The van der Waals surface area contributed by atoms with Crippen LogP contribution in [0.3, 0.4) is 0 Å². The Hall–Kier alpha value is -2.11. The first-order valence-corrected chi connectivity index (χ1v) is 4.40. The molecule has 0 atom stereocenters. The van der Waals surface area contributed by atoms with Gasteiger partial charge < -0.3 is 16.0 Å². The third kappa shape index (κ3) is 1.30. The molecule has 78 valence electrons. The Labute approximate surface area is 85.6 Å². The summed E-state index contributed by atoms with van der Waals surface area (Å²) >= 11 is 0. The van der Waals surface area contributed by atoms with E-state index >= 15 is 0 Å². The quantitative estimate of drug-likeness (QED) is 0.620. The van der Waals surface area contributed by atoms with Crippen molar-refractivity contribution < 1.29 is 0 Å². The van der Waals surface area contributed by atoms with Crippen LogP contribution in [0.2, 0.25) is 0 Å². The van der Waals surface area contributed by atoms with Gasteiger partial charge in [0.25, 0.3) is 5.56 Å². The Bertz CT molecular complexity index is 601. The molecule has 6 heteroatoms. The van der Waals surface area contributed by atoms with Gasteiger partial charge in [-0.3, -0.25) is 4.79 Å². The normalized spacial score (nSPS) is 10.8. The number of rotatable bonds is 0. The average molecular weight is 205 g/mol. The summed E-state index contributed by atoms with van der Waals surface area (Å²) in [5.74, 6) is 0.200. The van der Waals surface area contributed by atoms with Crippen molar-refractivity contribution in [1.82, 2.24) is 14.5 Å². The number of pyridine rings is 1. The number of nitrogens with zero attached hydrogens (tertiary/aromatic N) is 3. The summed E-state index contributed by atoms with van der Waals surface area (Å²) in [4.78, 5) is 19.6. The van der Waals surface area contributed by atoms with Gasteiger partial charge in [-0.15, -0.1) is 0 Å². The van der Waals surface area contributed by atoms with Crippen molar-refractivity contribution in [2.75, 3.05) is 11.5 Å². The molecule has 0 amide bonds. The highest BCUT2D eigenvalue weighted by atomic mass is 16.1. The van der Waals surface area contributed by atoms with Crippen LogP contribution in [-0.4, -0.2) is 14.5 Å². The molecule has 0 saturated heterocycles. The maximum atomic E-state index is 11.8. The first kappa shape index (κ1) is 9.45. The van der Waals surface area contributed by atoms with Crippen molar-refractivity contribution in [3.8, 4) is 0 Å². The second-order valence-electron chi connectivity index (χ2n) is 3.38. The Morgan fingerprint density at radius 3 is 2.67 bits per heavy atom. The van der Waals surface area contributed by atoms with Crippen LogP contribution in [0.15, 0.2) is 10.9 Å². The van der Waals surface area contributed by atoms with Gasteiger partial charge in [0.05, 0.1) is 5.52 Å². The molecule has 0 spiro atoms. The molecule has 0 radical (unpaired) electrons. The Morgan fingerprint density at radius 2 is 2.00 bits per heavy atom. The van der Waals surface area contributed by atoms with E-state index in [0.29, 0.717) is 10.9 Å². The zero-order valence-electron chi connectivity index (χ0n) is 8.48. The van der Waals surface area contributed by atoms with E-state index < -0.39 is 0 Å². The van der Waals surface area contributed by atoms with Crippen molar-refractivity contribution >= 4 is 22.7 Å². The van der Waals surface area contributed by atoms with Gasteiger partial charge in [-0.25, -0.2) is 4.98 Å². The van der Waals surface area contributed by atoms with Gasteiger partial charge in [0, 0.05) is 12.7 Å². The van der Waals surface area contributed by atoms with Crippen molar-refractivity contribution in [3.63, 3.8) is 0 Å². The molecule has 6 nitrogen and oxygen atoms in total. The summed E-state index contributed by atoms with van der Waals surface area (Å²) in [7, 11) is 1.67. The molecule has 0 bridgehead atoms. The number of nitrogens with two attached hydrogens (primary N) is 2. The molecule has 15 heavy (non-hydrogen) atoms. The lowest BCUT2D eigenvalue weighted by molar-refractivity contribution is 0.829. The molecule has 2 rings (SSSR count). The zero-order valence-corrected chi connectivity index (χ0v) is 8.48. The highest BCUT2D eigenvalue weighted by Gasteiger charge is 2.09. The first-order valence-electron chi connectivity index (χ1n) is 4.40. The highest BCUT2D eigenvalue weighted by Crippen LogP contribution is 2.15. The third-order valence-corrected chi connectivity index (χ3v) is 2.38. The van der Waals surface area contributed by atoms with Crippen LogP contribution in [0.25, 0.3) is 10.9 Å². The largest absolute Gasteiger partial charge is 0.383 e. The van der Waals surface area contributed by atoms with Crippen molar-refractivity contribution in [2.45, 2.75) is 6.92 Å². The van der Waals surface area contributed by atoms with E-state index in [2.05, 4.69) is 9.97 Å². The fraction of sp³-hybridized carbons (Fsp3) is 0.222. The summed E-state index contributed by atoms with van der Waals surface area (Å²) in [5, 5.41) is 0.317. The fourth-order valence-corrected chi connectivity index (χ4v) is 1.46. The summed E-state index contributed by atoms with van der Waals surface area (Å²) < 4.78 is 1.50. The second-order valence-corrected chi connectivity index (χ2v) is 3.38. The summed E-state index contributed by atoms with van der Waals surface area (Å²) in [6, 6.07) is 1.76. The van der Waals surface area contributed by atoms with Crippen molar-refractivity contribution in [1.29, 1.82) is 0 Å². The topological polar surface area (TPSA) is 99.8 Å². The maximum Gasteiger partial charge on any atom is 0.263 e. The Morgan fingerprint density at radius 1 is 1.33 bits per heavy atom. The predicted octanol–water partition coefficient (Wildman–Crippen LogP) is -0.199. The molecule has 2 aromatic heterocycles. The van der Waals surface area contributed by atoms with Gasteiger partial charge >= 0.3 is 0 Å². The van der Waals surface area contributed by atoms with E-state index in [0.717, 1.165) is 5.69 Å². The van der Waals surface area contributed by atoms with E-state index in [4.69, 9.17) is 11.5 Å². The van der Waals surface area contributed by atoms with Gasteiger partial charge in [0.2, 0.25) is 5.95 Å². The molecule has 0 aliphatic carbocycles. The molecular weight excluding hydrogens is 194 g/mol. The van der Waals surface area contributed by atoms with Crippen LogP contribution < -0.4 is 17.0 Å². The van der Waals surface area contributed by atoms with E-state index in [-0.39, 0.29) is 17.3 Å². The molecule has 0 aliphatic rings. The molecule has 0 fully saturated rings. The number of aryl methyl sites for hydroxylation is 1. The van der Waals surface area contributed by atoms with Crippen LogP contribution in [0.1, 0.15) is 5.69 Å². The first-order chi connectivity index (χ1) is 7.00. The van der Waals surface area contributed by atoms with E-state index in [1.165, 1.54) is 4.57 Å². The van der Waals surface area contributed by atoms with Gasteiger partial charge in [-0.1, -0.05) is 0 Å². The minimum atomic E-state index is -0.206. The molecule has 2 heterocycles. The minimum absolute atomic E-state index is 0.0765. The number of aromatic nitrogens is 3. The van der Waals surface area contributed by atoms with Crippen LogP contribution in [-0.2, 0) is 7.05 Å². The van der Waals surface area contributed by atoms with E-state index in [1.807, 2.05) is 6.92 Å². The molecular formula is C9H11N5O. The minimum Gasteiger partial charge on any atom is -0.383 e. The molecule has 0 aromatic carbocycles. The van der Waals surface area contributed by atoms with Gasteiger partial charge in [-0.05, 0) is 13.0 Å². The second kappa shape index (κ2) is 2.94. The van der Waals surface area contributed by atoms with E-state index in [1.54, 1.807) is 13.1 Å². The third-order valence-electron chi connectivity index (χ3n) is 2.38. The Balaban J connectivity index is 3.06. The zero-order chi connectivity index (χ0) is 11.2. The van der Waals surface area contributed by atoms with Crippen LogP contribution >= 0.6 is 0 Å². The van der Waals surface area contributed by atoms with Crippen molar-refractivity contribution in [3.05, 3.63) is 22.1 Å². The predicted molar refractivity (Wildman–Crippen MR) is 58.3 cm³/mol. The molecule has 0 unspecified atom stereocenters.